The Morgan fingerprint density at radius 3 is 2.83 bits per heavy atom. The average molecular weight is 330 g/mol. The molecule has 0 saturated carbocycles. The molecule has 1 fully saturated rings. The van der Waals surface area contributed by atoms with E-state index >= 15 is 0 Å². The van der Waals surface area contributed by atoms with Crippen LogP contribution in [0.1, 0.15) is 36.2 Å². The van der Waals surface area contributed by atoms with Crippen LogP contribution in [0, 0.1) is 0 Å². The molecule has 1 aliphatic rings. The van der Waals surface area contributed by atoms with Gasteiger partial charge in [0.15, 0.2) is 0 Å². The van der Waals surface area contributed by atoms with Gasteiger partial charge in [0, 0.05) is 11.9 Å². The van der Waals surface area contributed by atoms with E-state index in [0.29, 0.717) is 19.5 Å². The van der Waals surface area contributed by atoms with Crippen molar-refractivity contribution in [1.29, 1.82) is 0 Å². The van der Waals surface area contributed by atoms with Crippen LogP contribution in [0.4, 0.5) is 0 Å². The van der Waals surface area contributed by atoms with Gasteiger partial charge in [0.05, 0.1) is 29.8 Å². The molecule has 0 radical (unpaired) electrons. The first-order valence-electron chi connectivity index (χ1n) is 8.07. The third kappa shape index (κ3) is 3.98. The Labute approximate surface area is 141 Å². The molecule has 2 atom stereocenters. The van der Waals surface area contributed by atoms with Gasteiger partial charge in [-0.15, -0.1) is 11.3 Å². The van der Waals surface area contributed by atoms with Crippen molar-refractivity contribution in [2.45, 2.75) is 38.9 Å². The zero-order chi connectivity index (χ0) is 16.2. The number of thiazole rings is 1. The Morgan fingerprint density at radius 2 is 2.13 bits per heavy atom. The van der Waals surface area contributed by atoms with Gasteiger partial charge in [0.25, 0.3) is 0 Å². The van der Waals surface area contributed by atoms with Crippen LogP contribution in [-0.2, 0) is 22.4 Å². The lowest BCUT2D eigenvalue weighted by molar-refractivity contribution is -0.144. The number of aromatic nitrogens is 1. The van der Waals surface area contributed by atoms with E-state index in [9.17, 15) is 4.79 Å². The SMILES string of the molecule is CCc1nc(CC(=O)N2C[C@@H](C)O[C@H](c3ccccc3)C2)cs1. The number of aryl methyl sites for hydroxylation is 1. The van der Waals surface area contributed by atoms with Crippen LogP contribution in [-0.4, -0.2) is 35.0 Å². The van der Waals surface area contributed by atoms with Crippen LogP contribution < -0.4 is 0 Å². The second-order valence-electron chi connectivity index (χ2n) is 5.91. The minimum atomic E-state index is -0.0504. The molecule has 0 N–H and O–H groups in total. The topological polar surface area (TPSA) is 42.4 Å². The Bertz CT molecular complexity index is 656. The average Bonchev–Trinajstić information content (AvgIpc) is 3.02. The van der Waals surface area contributed by atoms with Crippen molar-refractivity contribution in [3.63, 3.8) is 0 Å². The molecule has 1 amide bonds. The molecule has 2 aromatic rings. The van der Waals surface area contributed by atoms with Gasteiger partial charge >= 0.3 is 0 Å². The van der Waals surface area contributed by atoms with E-state index in [2.05, 4.69) is 24.0 Å². The van der Waals surface area contributed by atoms with Crippen LogP contribution in [0.15, 0.2) is 35.7 Å². The van der Waals surface area contributed by atoms with E-state index in [0.717, 1.165) is 22.7 Å². The van der Waals surface area contributed by atoms with Crippen molar-refractivity contribution in [1.82, 2.24) is 9.88 Å². The molecule has 1 saturated heterocycles. The summed E-state index contributed by atoms with van der Waals surface area (Å²) in [6, 6.07) is 10.1. The molecule has 0 spiro atoms. The summed E-state index contributed by atoms with van der Waals surface area (Å²) in [5, 5.41) is 3.08. The summed E-state index contributed by atoms with van der Waals surface area (Å²) in [7, 11) is 0. The molecule has 0 bridgehead atoms. The highest BCUT2D eigenvalue weighted by Gasteiger charge is 2.29. The number of hydrogen-bond donors (Lipinski definition) is 0. The lowest BCUT2D eigenvalue weighted by Gasteiger charge is -2.37. The number of carbonyl (C=O) groups is 1. The summed E-state index contributed by atoms with van der Waals surface area (Å²) < 4.78 is 6.02. The lowest BCUT2D eigenvalue weighted by Crippen LogP contribution is -2.46. The minimum Gasteiger partial charge on any atom is -0.367 e. The van der Waals surface area contributed by atoms with Crippen LogP contribution in [0.5, 0.6) is 0 Å². The van der Waals surface area contributed by atoms with Crippen LogP contribution in [0.3, 0.4) is 0 Å². The van der Waals surface area contributed by atoms with Gasteiger partial charge < -0.3 is 9.64 Å². The molecule has 122 valence electrons. The quantitative estimate of drug-likeness (QED) is 0.864. The zero-order valence-electron chi connectivity index (χ0n) is 13.6. The molecular formula is C18H22N2O2S. The molecule has 1 aromatic carbocycles. The molecule has 1 aliphatic heterocycles. The van der Waals surface area contributed by atoms with Crippen molar-refractivity contribution in [2.24, 2.45) is 0 Å². The van der Waals surface area contributed by atoms with Crippen LogP contribution in [0.2, 0.25) is 0 Å². The molecule has 0 unspecified atom stereocenters. The van der Waals surface area contributed by atoms with Crippen LogP contribution in [0.25, 0.3) is 0 Å². The van der Waals surface area contributed by atoms with E-state index < -0.39 is 0 Å². The van der Waals surface area contributed by atoms with E-state index in [1.807, 2.05) is 35.4 Å². The normalized spacial score (nSPS) is 21.4. The Hall–Kier alpha value is -1.72. The van der Waals surface area contributed by atoms with Gasteiger partial charge in [0.1, 0.15) is 6.10 Å². The second kappa shape index (κ2) is 7.23. The number of amides is 1. The van der Waals surface area contributed by atoms with Gasteiger partial charge in [-0.05, 0) is 18.9 Å². The summed E-state index contributed by atoms with van der Waals surface area (Å²) in [6.45, 7) is 5.36. The Kier molecular flexibility index (Phi) is 5.08. The second-order valence-corrected chi connectivity index (χ2v) is 6.85. The van der Waals surface area contributed by atoms with E-state index in [4.69, 9.17) is 4.74 Å². The number of hydrogen-bond acceptors (Lipinski definition) is 4. The van der Waals surface area contributed by atoms with Gasteiger partial charge in [-0.25, -0.2) is 4.98 Å². The number of ether oxygens (including phenoxy) is 1. The largest absolute Gasteiger partial charge is 0.367 e. The fourth-order valence-corrected chi connectivity index (χ4v) is 3.61. The monoisotopic (exact) mass is 330 g/mol. The fraction of sp³-hybridized carbons (Fsp3) is 0.444. The minimum absolute atomic E-state index is 0.0412. The van der Waals surface area contributed by atoms with Gasteiger partial charge in [-0.1, -0.05) is 37.3 Å². The van der Waals surface area contributed by atoms with Crippen molar-refractivity contribution in [3.05, 3.63) is 52.0 Å². The molecule has 0 aliphatic carbocycles. The Morgan fingerprint density at radius 1 is 1.35 bits per heavy atom. The maximum atomic E-state index is 12.6. The van der Waals surface area contributed by atoms with E-state index in [-0.39, 0.29) is 18.1 Å². The molecule has 2 heterocycles. The Balaban J connectivity index is 1.67. The first kappa shape index (κ1) is 16.1. The lowest BCUT2D eigenvalue weighted by atomic mass is 10.1. The summed E-state index contributed by atoms with van der Waals surface area (Å²) in [5.74, 6) is 0.133. The predicted molar refractivity (Wildman–Crippen MR) is 91.5 cm³/mol. The smallest absolute Gasteiger partial charge is 0.228 e. The van der Waals surface area contributed by atoms with Crippen LogP contribution >= 0.6 is 11.3 Å². The molecule has 1 aromatic heterocycles. The molecule has 23 heavy (non-hydrogen) atoms. The number of carbonyl (C=O) groups excluding carboxylic acids is 1. The van der Waals surface area contributed by atoms with Gasteiger partial charge in [0.2, 0.25) is 5.91 Å². The molecule has 4 nitrogen and oxygen atoms in total. The highest BCUT2D eigenvalue weighted by atomic mass is 32.1. The predicted octanol–water partition coefficient (Wildman–Crippen LogP) is 3.24. The molecular weight excluding hydrogens is 308 g/mol. The maximum Gasteiger partial charge on any atom is 0.228 e. The summed E-state index contributed by atoms with van der Waals surface area (Å²) in [6.07, 6.45) is 1.29. The summed E-state index contributed by atoms with van der Waals surface area (Å²) >= 11 is 1.63. The number of rotatable bonds is 4. The van der Waals surface area contributed by atoms with Gasteiger partial charge in [-0.2, -0.15) is 0 Å². The van der Waals surface area contributed by atoms with E-state index in [1.54, 1.807) is 11.3 Å². The highest BCUT2D eigenvalue weighted by molar-refractivity contribution is 7.09. The van der Waals surface area contributed by atoms with Crippen molar-refractivity contribution in [3.8, 4) is 0 Å². The fourth-order valence-electron chi connectivity index (χ4n) is 2.87. The summed E-state index contributed by atoms with van der Waals surface area (Å²) in [4.78, 5) is 19.0. The standard InChI is InChI=1S/C18H22N2O2S/c1-3-17-19-15(12-23-17)9-18(21)20-10-13(2)22-16(11-20)14-7-5-4-6-8-14/h4-8,12-13,16H,3,9-11H2,1-2H3/t13-,16+/m1/s1. The van der Waals surface area contributed by atoms with Crippen molar-refractivity contribution in [2.75, 3.05) is 13.1 Å². The van der Waals surface area contributed by atoms with Crippen molar-refractivity contribution >= 4 is 17.2 Å². The summed E-state index contributed by atoms with van der Waals surface area (Å²) in [5.41, 5.74) is 2.01. The number of nitrogens with zero attached hydrogens (tertiary/aromatic N) is 2. The first-order valence-corrected chi connectivity index (χ1v) is 8.95. The van der Waals surface area contributed by atoms with Crippen molar-refractivity contribution < 1.29 is 9.53 Å². The van der Waals surface area contributed by atoms with Gasteiger partial charge in [-0.3, -0.25) is 4.79 Å². The zero-order valence-corrected chi connectivity index (χ0v) is 14.4. The molecule has 3 rings (SSSR count). The van der Waals surface area contributed by atoms with E-state index in [1.165, 1.54) is 0 Å². The third-order valence-corrected chi connectivity index (χ3v) is 5.06. The highest BCUT2D eigenvalue weighted by Crippen LogP contribution is 2.25. The third-order valence-electron chi connectivity index (χ3n) is 4.02. The molecule has 5 heteroatoms. The number of morpholine rings is 1. The maximum absolute atomic E-state index is 12.6. The first-order chi connectivity index (χ1) is 11.2. The number of benzene rings is 1.